The van der Waals surface area contributed by atoms with Crippen LogP contribution in [-0.2, 0) is 6.54 Å². The molecule has 6 rings (SSSR count). The number of aryl methyl sites for hydroxylation is 1. The van der Waals surface area contributed by atoms with Crippen molar-refractivity contribution in [1.82, 2.24) is 9.88 Å². The van der Waals surface area contributed by atoms with Gasteiger partial charge in [0, 0.05) is 48.1 Å². The number of ether oxygens (including phenoxy) is 1. The number of fused-ring (bicyclic) bond motifs is 2. The average molecular weight is 505 g/mol. The van der Waals surface area contributed by atoms with Gasteiger partial charge in [0.2, 0.25) is 5.92 Å². The molecule has 1 aliphatic carbocycles. The lowest BCUT2D eigenvalue weighted by Gasteiger charge is -2.55. The number of benzene rings is 3. The second-order valence-electron chi connectivity index (χ2n) is 10.8. The SMILES string of the molecule is COc1cc(C)c2[nH]ccc2c1CN1CCC2(C[C@H]1c1ccc(C(=O)O)c3ccccc13)CC(F)(F)C2. The average Bonchev–Trinajstić information content (AvgIpc) is 3.35. The molecule has 1 aromatic heterocycles. The first kappa shape index (κ1) is 23.9. The van der Waals surface area contributed by atoms with E-state index in [9.17, 15) is 18.7 Å². The van der Waals surface area contributed by atoms with E-state index in [0.29, 0.717) is 31.3 Å². The molecule has 0 amide bonds. The lowest BCUT2D eigenvalue weighted by Crippen LogP contribution is -2.53. The summed E-state index contributed by atoms with van der Waals surface area (Å²) in [7, 11) is 1.67. The van der Waals surface area contributed by atoms with Gasteiger partial charge < -0.3 is 14.8 Å². The van der Waals surface area contributed by atoms with Crippen LogP contribution in [0, 0.1) is 12.3 Å². The summed E-state index contributed by atoms with van der Waals surface area (Å²) in [5.74, 6) is -2.76. The van der Waals surface area contributed by atoms with E-state index in [1.165, 1.54) is 0 Å². The first-order chi connectivity index (χ1) is 17.7. The molecule has 192 valence electrons. The first-order valence-corrected chi connectivity index (χ1v) is 12.7. The maximum Gasteiger partial charge on any atom is 0.336 e. The van der Waals surface area contributed by atoms with Crippen molar-refractivity contribution in [2.75, 3.05) is 13.7 Å². The fourth-order valence-electron chi connectivity index (χ4n) is 6.82. The number of hydrogen-bond acceptors (Lipinski definition) is 3. The number of hydrogen-bond donors (Lipinski definition) is 2. The van der Waals surface area contributed by atoms with Gasteiger partial charge in [-0.3, -0.25) is 4.90 Å². The van der Waals surface area contributed by atoms with Gasteiger partial charge in [-0.15, -0.1) is 0 Å². The molecule has 5 nitrogen and oxygen atoms in total. The summed E-state index contributed by atoms with van der Waals surface area (Å²) < 4.78 is 34.0. The van der Waals surface area contributed by atoms with Crippen molar-refractivity contribution in [2.24, 2.45) is 5.41 Å². The molecule has 4 aromatic rings. The Bertz CT molecular complexity index is 1520. The number of aromatic amines is 1. The summed E-state index contributed by atoms with van der Waals surface area (Å²) >= 11 is 0. The minimum atomic E-state index is -2.60. The standard InChI is InChI=1S/C30H30F2N2O3/c1-18-13-26(37-2)24(22-9-11-33-27(18)22)15-34-12-10-29(16-30(31,32)17-29)14-25(34)21-7-8-23(28(35)36)20-6-4-3-5-19(20)21/h3-9,11,13,25,33H,10,12,14-17H2,1-2H3,(H,35,36)/t25-/m0/s1. The summed E-state index contributed by atoms with van der Waals surface area (Å²) in [5.41, 5.74) is 4.08. The molecular formula is C30H30F2N2O3. The van der Waals surface area contributed by atoms with Crippen LogP contribution in [-0.4, -0.2) is 40.5 Å². The number of carbonyl (C=O) groups is 1. The Kier molecular flexibility index (Phi) is 5.53. The van der Waals surface area contributed by atoms with Crippen molar-refractivity contribution in [1.29, 1.82) is 0 Å². The second-order valence-corrected chi connectivity index (χ2v) is 10.8. The number of rotatable bonds is 5. The van der Waals surface area contributed by atoms with Crippen molar-refractivity contribution in [3.63, 3.8) is 0 Å². The van der Waals surface area contributed by atoms with Crippen LogP contribution in [0.25, 0.3) is 21.7 Å². The third-order valence-electron chi connectivity index (χ3n) is 8.50. The number of methoxy groups -OCH3 is 1. The van der Waals surface area contributed by atoms with E-state index in [1.807, 2.05) is 49.5 Å². The molecule has 0 unspecified atom stereocenters. The van der Waals surface area contributed by atoms with Crippen LogP contribution in [0.2, 0.25) is 0 Å². The van der Waals surface area contributed by atoms with Gasteiger partial charge in [0.15, 0.2) is 0 Å². The number of piperidine rings is 1. The second kappa shape index (κ2) is 8.55. The maximum atomic E-state index is 14.1. The van der Waals surface area contributed by atoms with E-state index in [0.717, 1.165) is 38.7 Å². The van der Waals surface area contributed by atoms with Crippen LogP contribution in [0.4, 0.5) is 8.78 Å². The Labute approximate surface area is 214 Å². The number of nitrogens with zero attached hydrogens (tertiary/aromatic N) is 1. The molecule has 7 heteroatoms. The largest absolute Gasteiger partial charge is 0.496 e. The van der Waals surface area contributed by atoms with E-state index < -0.39 is 17.3 Å². The highest BCUT2D eigenvalue weighted by Gasteiger charge is 2.58. The lowest BCUT2D eigenvalue weighted by atomic mass is 9.58. The molecule has 1 atom stereocenters. The van der Waals surface area contributed by atoms with Gasteiger partial charge >= 0.3 is 5.97 Å². The zero-order valence-corrected chi connectivity index (χ0v) is 21.0. The number of alkyl halides is 2. The maximum absolute atomic E-state index is 14.1. The topological polar surface area (TPSA) is 65.6 Å². The summed E-state index contributed by atoms with van der Waals surface area (Å²) in [5, 5.41) is 12.4. The number of carboxylic acid groups (broad SMARTS) is 1. The van der Waals surface area contributed by atoms with Crippen molar-refractivity contribution >= 4 is 27.6 Å². The highest BCUT2D eigenvalue weighted by atomic mass is 19.3. The molecule has 2 aliphatic rings. The van der Waals surface area contributed by atoms with Crippen LogP contribution in [0.3, 0.4) is 0 Å². The Hall–Kier alpha value is -3.45. The smallest absolute Gasteiger partial charge is 0.336 e. The number of nitrogens with one attached hydrogen (secondary N) is 1. The molecule has 0 bridgehead atoms. The Morgan fingerprint density at radius 3 is 2.59 bits per heavy atom. The summed E-state index contributed by atoms with van der Waals surface area (Å²) in [6.07, 6.45) is 3.10. The van der Waals surface area contributed by atoms with Gasteiger partial charge in [0.05, 0.1) is 12.7 Å². The van der Waals surface area contributed by atoms with Crippen molar-refractivity contribution < 1.29 is 23.4 Å². The van der Waals surface area contributed by atoms with E-state index in [4.69, 9.17) is 4.74 Å². The molecule has 0 radical (unpaired) electrons. The first-order valence-electron chi connectivity index (χ1n) is 12.7. The van der Waals surface area contributed by atoms with Crippen LogP contribution in [0.1, 0.15) is 58.8 Å². The normalized spacial score (nSPS) is 20.8. The van der Waals surface area contributed by atoms with Gasteiger partial charge in [-0.2, -0.15) is 0 Å². The van der Waals surface area contributed by atoms with Crippen molar-refractivity contribution in [3.8, 4) is 5.75 Å². The van der Waals surface area contributed by atoms with E-state index in [-0.39, 0.29) is 24.4 Å². The van der Waals surface area contributed by atoms with Gasteiger partial charge in [-0.1, -0.05) is 30.3 Å². The van der Waals surface area contributed by atoms with Crippen LogP contribution >= 0.6 is 0 Å². The predicted octanol–water partition coefficient (Wildman–Crippen LogP) is 7.09. The van der Waals surface area contributed by atoms with Gasteiger partial charge in [-0.25, -0.2) is 13.6 Å². The molecule has 37 heavy (non-hydrogen) atoms. The summed E-state index contributed by atoms with van der Waals surface area (Å²) in [6.45, 7) is 3.33. The van der Waals surface area contributed by atoms with E-state index >= 15 is 0 Å². The summed E-state index contributed by atoms with van der Waals surface area (Å²) in [6, 6.07) is 15.0. The van der Waals surface area contributed by atoms with Crippen LogP contribution in [0.5, 0.6) is 5.75 Å². The molecule has 3 aromatic carbocycles. The van der Waals surface area contributed by atoms with Gasteiger partial charge in [0.25, 0.3) is 0 Å². The monoisotopic (exact) mass is 504 g/mol. The van der Waals surface area contributed by atoms with Gasteiger partial charge in [0.1, 0.15) is 5.75 Å². The predicted molar refractivity (Wildman–Crippen MR) is 139 cm³/mol. The zero-order valence-electron chi connectivity index (χ0n) is 21.0. The number of aromatic nitrogens is 1. The number of aromatic carboxylic acids is 1. The minimum Gasteiger partial charge on any atom is -0.496 e. The third-order valence-corrected chi connectivity index (χ3v) is 8.50. The van der Waals surface area contributed by atoms with Crippen LogP contribution < -0.4 is 4.74 Å². The summed E-state index contributed by atoms with van der Waals surface area (Å²) in [4.78, 5) is 17.6. The molecule has 2 heterocycles. The Morgan fingerprint density at radius 2 is 1.89 bits per heavy atom. The Balaban J connectivity index is 1.46. The minimum absolute atomic E-state index is 0.0780. The van der Waals surface area contributed by atoms with Crippen molar-refractivity contribution in [2.45, 2.75) is 51.1 Å². The third kappa shape index (κ3) is 3.96. The number of halogens is 2. The molecule has 1 spiro atoms. The number of likely N-dealkylation sites (tertiary alicyclic amines) is 1. The molecular weight excluding hydrogens is 474 g/mol. The highest BCUT2D eigenvalue weighted by molar-refractivity contribution is 6.04. The van der Waals surface area contributed by atoms with E-state index in [1.54, 1.807) is 13.2 Å². The molecule has 1 aliphatic heterocycles. The van der Waals surface area contributed by atoms with Crippen LogP contribution in [0.15, 0.2) is 54.7 Å². The van der Waals surface area contributed by atoms with E-state index in [2.05, 4.69) is 16.0 Å². The quantitative estimate of drug-likeness (QED) is 0.305. The lowest BCUT2D eigenvalue weighted by molar-refractivity contribution is -0.186. The zero-order chi connectivity index (χ0) is 25.9. The molecule has 1 saturated carbocycles. The molecule has 1 saturated heterocycles. The van der Waals surface area contributed by atoms with Gasteiger partial charge in [-0.05, 0) is 71.8 Å². The number of carboxylic acids is 1. The Morgan fingerprint density at radius 1 is 1.14 bits per heavy atom. The number of H-pyrrole nitrogens is 1. The van der Waals surface area contributed by atoms with Crippen molar-refractivity contribution in [3.05, 3.63) is 77.0 Å². The molecule has 2 N–H and O–H groups in total. The fraction of sp³-hybridized carbons (Fsp3) is 0.367. The molecule has 2 fully saturated rings. The fourth-order valence-corrected chi connectivity index (χ4v) is 6.82. The highest BCUT2D eigenvalue weighted by Crippen LogP contribution is 2.61.